The van der Waals surface area contributed by atoms with Crippen molar-refractivity contribution in [2.75, 3.05) is 6.61 Å². The van der Waals surface area contributed by atoms with E-state index in [9.17, 15) is 26.3 Å². The molecule has 0 aliphatic carbocycles. The van der Waals surface area contributed by atoms with Gasteiger partial charge >= 0.3 is 12.4 Å². The number of aryl methyl sites for hydroxylation is 1. The van der Waals surface area contributed by atoms with E-state index in [0.717, 1.165) is 22.9 Å². The normalized spacial score (nSPS) is 12.4. The highest BCUT2D eigenvalue weighted by Gasteiger charge is 2.37. The minimum absolute atomic E-state index is 0.00457. The molecule has 0 aliphatic rings. The summed E-state index contributed by atoms with van der Waals surface area (Å²) in [6.07, 6.45) is -7.11. The van der Waals surface area contributed by atoms with E-state index in [1.165, 1.54) is 19.2 Å². The van der Waals surface area contributed by atoms with Crippen molar-refractivity contribution in [3.8, 4) is 28.3 Å². The number of hydrogen-bond acceptors (Lipinski definition) is 4. The zero-order valence-corrected chi connectivity index (χ0v) is 17.3. The van der Waals surface area contributed by atoms with Gasteiger partial charge in [0.1, 0.15) is 23.5 Å². The Morgan fingerprint density at radius 2 is 1.67 bits per heavy atom. The molecule has 0 saturated carbocycles. The second-order valence-corrected chi connectivity index (χ2v) is 7.14. The minimum atomic E-state index is -4.81. The molecule has 0 spiro atoms. The number of alkyl halides is 6. The molecule has 0 amide bonds. The van der Waals surface area contributed by atoms with Gasteiger partial charge in [-0.15, -0.1) is 0 Å². The van der Waals surface area contributed by atoms with Crippen LogP contribution < -0.4 is 4.74 Å². The van der Waals surface area contributed by atoms with Crippen molar-refractivity contribution in [2.24, 2.45) is 0 Å². The summed E-state index contributed by atoms with van der Waals surface area (Å²) >= 11 is 0. The molecule has 0 atom stereocenters. The maximum Gasteiger partial charge on any atom is 0.431 e. The van der Waals surface area contributed by atoms with Crippen LogP contribution in [0, 0.1) is 6.92 Å². The molecule has 0 N–H and O–H groups in total. The van der Waals surface area contributed by atoms with Gasteiger partial charge in [-0.25, -0.2) is 9.97 Å². The van der Waals surface area contributed by atoms with E-state index >= 15 is 0 Å². The summed E-state index contributed by atoms with van der Waals surface area (Å²) in [6.45, 7) is 3.23. The van der Waals surface area contributed by atoms with Crippen LogP contribution in [0.25, 0.3) is 28.2 Å². The standard InChI is InChI=1S/C22H16F6N4O/c1-3-33-17-5-4-13(9-15(17)21(23,24)25)16-10-18(22(26,27)28)32-11-30-19(20(32)31-16)14-6-7-29-12(2)8-14/h4-11H,3H2,1-2H3. The van der Waals surface area contributed by atoms with Crippen LogP contribution in [0.4, 0.5) is 26.3 Å². The number of imidazole rings is 1. The van der Waals surface area contributed by atoms with Gasteiger partial charge in [0.2, 0.25) is 0 Å². The summed E-state index contributed by atoms with van der Waals surface area (Å²) in [5, 5.41) is 0. The molecule has 3 aromatic heterocycles. The largest absolute Gasteiger partial charge is 0.493 e. The molecule has 4 rings (SSSR count). The summed E-state index contributed by atoms with van der Waals surface area (Å²) in [5.74, 6) is -0.414. The summed E-state index contributed by atoms with van der Waals surface area (Å²) in [6, 6.07) is 6.94. The first-order valence-corrected chi connectivity index (χ1v) is 9.71. The van der Waals surface area contributed by atoms with E-state index in [4.69, 9.17) is 4.74 Å². The van der Waals surface area contributed by atoms with Gasteiger partial charge in [-0.1, -0.05) is 0 Å². The van der Waals surface area contributed by atoms with Crippen LogP contribution >= 0.6 is 0 Å². The van der Waals surface area contributed by atoms with Gasteiger partial charge in [0, 0.05) is 23.0 Å². The highest BCUT2D eigenvalue weighted by atomic mass is 19.4. The third-order valence-electron chi connectivity index (χ3n) is 4.84. The van der Waals surface area contributed by atoms with Gasteiger partial charge in [0.05, 0.1) is 17.9 Å². The van der Waals surface area contributed by atoms with Crippen LogP contribution in [0.5, 0.6) is 5.75 Å². The van der Waals surface area contributed by atoms with Crippen molar-refractivity contribution in [1.82, 2.24) is 19.4 Å². The first-order valence-electron chi connectivity index (χ1n) is 9.71. The van der Waals surface area contributed by atoms with Crippen LogP contribution in [0.3, 0.4) is 0 Å². The van der Waals surface area contributed by atoms with Crippen molar-refractivity contribution in [1.29, 1.82) is 0 Å². The summed E-state index contributed by atoms with van der Waals surface area (Å²) in [4.78, 5) is 12.4. The number of halogens is 6. The fourth-order valence-electron chi connectivity index (χ4n) is 3.43. The third-order valence-corrected chi connectivity index (χ3v) is 4.84. The summed E-state index contributed by atoms with van der Waals surface area (Å²) in [7, 11) is 0. The maximum absolute atomic E-state index is 13.8. The van der Waals surface area contributed by atoms with Crippen molar-refractivity contribution in [2.45, 2.75) is 26.2 Å². The van der Waals surface area contributed by atoms with Gasteiger partial charge in [-0.05, 0) is 50.2 Å². The van der Waals surface area contributed by atoms with Crippen LogP contribution in [0.2, 0.25) is 0 Å². The lowest BCUT2D eigenvalue weighted by molar-refractivity contribution is -0.142. The van der Waals surface area contributed by atoms with E-state index in [0.29, 0.717) is 17.3 Å². The number of rotatable bonds is 4. The van der Waals surface area contributed by atoms with Crippen molar-refractivity contribution in [3.05, 3.63) is 65.9 Å². The van der Waals surface area contributed by atoms with E-state index in [2.05, 4.69) is 15.0 Å². The number of ether oxygens (including phenoxy) is 1. The number of nitrogens with zero attached hydrogens (tertiary/aromatic N) is 4. The molecule has 172 valence electrons. The van der Waals surface area contributed by atoms with E-state index in [1.54, 1.807) is 19.1 Å². The molecule has 0 radical (unpaired) electrons. The summed E-state index contributed by atoms with van der Waals surface area (Å²) in [5.41, 5.74) is -1.55. The molecule has 0 fully saturated rings. The molecule has 0 saturated heterocycles. The highest BCUT2D eigenvalue weighted by Crippen LogP contribution is 2.40. The van der Waals surface area contributed by atoms with Crippen LogP contribution in [0.15, 0.2) is 48.9 Å². The topological polar surface area (TPSA) is 52.3 Å². The average molecular weight is 466 g/mol. The third kappa shape index (κ3) is 4.35. The molecule has 33 heavy (non-hydrogen) atoms. The Morgan fingerprint density at radius 3 is 2.30 bits per heavy atom. The molecule has 4 aromatic rings. The number of pyridine rings is 1. The molecule has 5 nitrogen and oxygen atoms in total. The van der Waals surface area contributed by atoms with E-state index in [-0.39, 0.29) is 29.2 Å². The molecule has 0 aliphatic heterocycles. The van der Waals surface area contributed by atoms with Gasteiger partial charge in [-0.3, -0.25) is 9.38 Å². The van der Waals surface area contributed by atoms with Gasteiger partial charge < -0.3 is 4.74 Å². The maximum atomic E-state index is 13.8. The zero-order chi connectivity index (χ0) is 24.0. The Bertz CT molecular complexity index is 1330. The SMILES string of the molecule is CCOc1ccc(-c2cc(C(F)(F)F)n3cnc(-c4ccnc(C)c4)c3n2)cc1C(F)(F)F. The molecule has 11 heteroatoms. The Labute approximate surface area is 183 Å². The predicted octanol–water partition coefficient (Wildman–Crippen LogP) is 6.20. The fourth-order valence-corrected chi connectivity index (χ4v) is 3.43. The molecule has 0 unspecified atom stereocenters. The molecule has 0 bridgehead atoms. The van der Waals surface area contributed by atoms with Crippen LogP contribution in [0.1, 0.15) is 23.9 Å². The second kappa shape index (κ2) is 8.05. The van der Waals surface area contributed by atoms with E-state index in [1.807, 2.05) is 0 Å². The minimum Gasteiger partial charge on any atom is -0.493 e. The number of hydrogen-bond donors (Lipinski definition) is 0. The van der Waals surface area contributed by atoms with Crippen molar-refractivity contribution in [3.63, 3.8) is 0 Å². The Balaban J connectivity index is 1.98. The molecular weight excluding hydrogens is 450 g/mol. The lowest BCUT2D eigenvalue weighted by Crippen LogP contribution is -2.13. The Morgan fingerprint density at radius 1 is 0.909 bits per heavy atom. The Kier molecular flexibility index (Phi) is 5.51. The van der Waals surface area contributed by atoms with Crippen molar-refractivity contribution < 1.29 is 31.1 Å². The number of aromatic nitrogens is 4. The fraction of sp³-hybridized carbons (Fsp3) is 0.227. The first-order chi connectivity index (χ1) is 15.5. The van der Waals surface area contributed by atoms with Crippen LogP contribution in [-0.2, 0) is 12.4 Å². The van der Waals surface area contributed by atoms with Gasteiger partial charge in [0.15, 0.2) is 5.65 Å². The first kappa shape index (κ1) is 22.6. The van der Waals surface area contributed by atoms with E-state index < -0.39 is 29.4 Å². The number of benzene rings is 1. The zero-order valence-electron chi connectivity index (χ0n) is 17.3. The highest BCUT2D eigenvalue weighted by molar-refractivity contribution is 5.77. The van der Waals surface area contributed by atoms with Gasteiger partial charge in [-0.2, -0.15) is 26.3 Å². The Hall–Kier alpha value is -3.63. The van der Waals surface area contributed by atoms with Gasteiger partial charge in [0.25, 0.3) is 0 Å². The molecule has 1 aromatic carbocycles. The quantitative estimate of drug-likeness (QED) is 0.336. The average Bonchev–Trinajstić information content (AvgIpc) is 3.16. The monoisotopic (exact) mass is 466 g/mol. The predicted molar refractivity (Wildman–Crippen MR) is 108 cm³/mol. The van der Waals surface area contributed by atoms with Crippen molar-refractivity contribution >= 4 is 5.65 Å². The molecule has 3 heterocycles. The number of fused-ring (bicyclic) bond motifs is 1. The summed E-state index contributed by atoms with van der Waals surface area (Å²) < 4.78 is 88.0. The van der Waals surface area contributed by atoms with Crippen LogP contribution in [-0.4, -0.2) is 26.0 Å². The second-order valence-electron chi connectivity index (χ2n) is 7.14. The molecular formula is C22H16F6N4O. The lowest BCUT2D eigenvalue weighted by atomic mass is 10.1. The smallest absolute Gasteiger partial charge is 0.431 e. The lowest BCUT2D eigenvalue weighted by Gasteiger charge is -2.16.